The smallest absolute Gasteiger partial charge is 0.256 e. The molecule has 0 radical (unpaired) electrons. The summed E-state index contributed by atoms with van der Waals surface area (Å²) in [4.78, 5) is 13.9. The summed E-state index contributed by atoms with van der Waals surface area (Å²) in [6.07, 6.45) is 0.967. The van der Waals surface area contributed by atoms with Crippen molar-refractivity contribution in [2.75, 3.05) is 13.1 Å². The van der Waals surface area contributed by atoms with Gasteiger partial charge in [-0.2, -0.15) is 0 Å². The van der Waals surface area contributed by atoms with E-state index in [0.717, 1.165) is 6.42 Å². The van der Waals surface area contributed by atoms with E-state index in [1.807, 2.05) is 0 Å². The highest BCUT2D eigenvalue weighted by atomic mass is 79.9. The number of carbonyl (C=O) groups excluding carboxylic acids is 1. The molecule has 0 atom stereocenters. The zero-order valence-electron chi connectivity index (χ0n) is 9.96. The van der Waals surface area contributed by atoms with E-state index in [9.17, 15) is 9.18 Å². The second-order valence-corrected chi connectivity index (χ2v) is 6.10. The molecule has 4 heteroatoms. The van der Waals surface area contributed by atoms with E-state index >= 15 is 0 Å². The Morgan fingerprint density at radius 1 is 1.47 bits per heavy atom. The van der Waals surface area contributed by atoms with Crippen LogP contribution in [0.3, 0.4) is 0 Å². The summed E-state index contributed by atoms with van der Waals surface area (Å²) in [5, 5.41) is 0. The van der Waals surface area contributed by atoms with E-state index in [-0.39, 0.29) is 16.9 Å². The van der Waals surface area contributed by atoms with Crippen LogP contribution in [-0.2, 0) is 0 Å². The highest BCUT2D eigenvalue weighted by Gasteiger charge is 2.33. The molecule has 1 aromatic carbocycles. The summed E-state index contributed by atoms with van der Waals surface area (Å²) < 4.78 is 14.1. The maximum Gasteiger partial charge on any atom is 0.256 e. The van der Waals surface area contributed by atoms with Crippen molar-refractivity contribution < 1.29 is 9.18 Å². The molecule has 1 aromatic rings. The molecule has 0 spiro atoms. The Morgan fingerprint density at radius 3 is 2.76 bits per heavy atom. The maximum absolute atomic E-state index is 13.8. The van der Waals surface area contributed by atoms with Crippen molar-refractivity contribution >= 4 is 21.8 Å². The van der Waals surface area contributed by atoms with Gasteiger partial charge in [0.05, 0.1) is 10.0 Å². The predicted octanol–water partition coefficient (Wildman–Crippen LogP) is 3.46. The van der Waals surface area contributed by atoms with Crippen LogP contribution in [-0.4, -0.2) is 23.9 Å². The van der Waals surface area contributed by atoms with Gasteiger partial charge in [0.15, 0.2) is 0 Å². The molecule has 2 rings (SSSR count). The van der Waals surface area contributed by atoms with Gasteiger partial charge >= 0.3 is 0 Å². The number of amides is 1. The number of nitrogens with zero attached hydrogens (tertiary/aromatic N) is 1. The van der Waals surface area contributed by atoms with Crippen LogP contribution in [0.4, 0.5) is 4.39 Å². The Morgan fingerprint density at radius 2 is 2.18 bits per heavy atom. The number of carbonyl (C=O) groups is 1. The molecule has 17 heavy (non-hydrogen) atoms. The highest BCUT2D eigenvalue weighted by Crippen LogP contribution is 2.30. The lowest BCUT2D eigenvalue weighted by Gasteiger charge is -2.20. The van der Waals surface area contributed by atoms with Gasteiger partial charge in [0.2, 0.25) is 0 Å². The highest BCUT2D eigenvalue weighted by molar-refractivity contribution is 9.10. The van der Waals surface area contributed by atoms with Gasteiger partial charge in [-0.3, -0.25) is 4.79 Å². The molecule has 1 aliphatic rings. The Labute approximate surface area is 109 Å². The van der Waals surface area contributed by atoms with Crippen molar-refractivity contribution in [3.05, 3.63) is 34.1 Å². The van der Waals surface area contributed by atoms with Crippen LogP contribution in [0, 0.1) is 11.2 Å². The van der Waals surface area contributed by atoms with Crippen LogP contribution in [0.15, 0.2) is 22.7 Å². The Hall–Kier alpha value is -0.900. The van der Waals surface area contributed by atoms with Gasteiger partial charge in [-0.25, -0.2) is 4.39 Å². The van der Waals surface area contributed by atoms with E-state index in [1.165, 1.54) is 6.07 Å². The molecule has 1 fully saturated rings. The second kappa shape index (κ2) is 4.41. The monoisotopic (exact) mass is 299 g/mol. The lowest BCUT2D eigenvalue weighted by atomic mass is 9.93. The minimum Gasteiger partial charge on any atom is -0.338 e. The topological polar surface area (TPSA) is 20.3 Å². The molecule has 1 saturated heterocycles. The average molecular weight is 300 g/mol. The zero-order chi connectivity index (χ0) is 12.6. The fraction of sp³-hybridized carbons (Fsp3) is 0.462. The van der Waals surface area contributed by atoms with Crippen molar-refractivity contribution in [2.45, 2.75) is 20.3 Å². The van der Waals surface area contributed by atoms with Crippen molar-refractivity contribution in [1.29, 1.82) is 0 Å². The molecule has 1 aliphatic heterocycles. The normalized spacial score (nSPS) is 18.5. The summed E-state index contributed by atoms with van der Waals surface area (Å²) in [5.74, 6) is -0.684. The number of rotatable bonds is 1. The summed E-state index contributed by atoms with van der Waals surface area (Å²) in [6, 6.07) is 4.81. The Balaban J connectivity index is 2.24. The van der Waals surface area contributed by atoms with Crippen molar-refractivity contribution in [3.8, 4) is 0 Å². The fourth-order valence-corrected chi connectivity index (χ4v) is 2.49. The van der Waals surface area contributed by atoms with Gasteiger partial charge in [0.1, 0.15) is 5.82 Å². The first-order valence-corrected chi connectivity index (χ1v) is 6.43. The van der Waals surface area contributed by atoms with Gasteiger partial charge in [0, 0.05) is 13.1 Å². The summed E-state index contributed by atoms with van der Waals surface area (Å²) >= 11 is 3.10. The molecule has 0 N–H and O–H groups in total. The molecule has 0 unspecified atom stereocenters. The average Bonchev–Trinajstić information content (AvgIpc) is 2.62. The molecule has 0 aliphatic carbocycles. The van der Waals surface area contributed by atoms with Crippen LogP contribution in [0.25, 0.3) is 0 Å². The Kier molecular flexibility index (Phi) is 3.25. The fourth-order valence-electron chi connectivity index (χ4n) is 2.13. The lowest BCUT2D eigenvalue weighted by molar-refractivity contribution is 0.0773. The molecular weight excluding hydrogens is 285 g/mol. The number of hydrogen-bond acceptors (Lipinski definition) is 1. The first-order chi connectivity index (χ1) is 7.91. The van der Waals surface area contributed by atoms with E-state index < -0.39 is 5.82 Å². The predicted molar refractivity (Wildman–Crippen MR) is 68.4 cm³/mol. The van der Waals surface area contributed by atoms with Crippen molar-refractivity contribution in [1.82, 2.24) is 4.90 Å². The number of likely N-dealkylation sites (tertiary alicyclic amines) is 1. The number of hydrogen-bond donors (Lipinski definition) is 0. The van der Waals surface area contributed by atoms with Gasteiger partial charge in [-0.1, -0.05) is 19.9 Å². The third-order valence-electron chi connectivity index (χ3n) is 3.15. The Bertz CT molecular complexity index is 459. The van der Waals surface area contributed by atoms with Crippen molar-refractivity contribution in [3.63, 3.8) is 0 Å². The maximum atomic E-state index is 13.8. The third kappa shape index (κ3) is 2.51. The quantitative estimate of drug-likeness (QED) is 0.778. The molecule has 2 nitrogen and oxygen atoms in total. The molecular formula is C13H15BrFNO. The van der Waals surface area contributed by atoms with Crippen molar-refractivity contribution in [2.24, 2.45) is 5.41 Å². The largest absolute Gasteiger partial charge is 0.338 e. The van der Waals surface area contributed by atoms with E-state index in [0.29, 0.717) is 17.6 Å². The van der Waals surface area contributed by atoms with Crippen LogP contribution in [0.1, 0.15) is 30.6 Å². The second-order valence-electron chi connectivity index (χ2n) is 5.24. The molecule has 0 aromatic heterocycles. The first-order valence-electron chi connectivity index (χ1n) is 5.64. The zero-order valence-corrected chi connectivity index (χ0v) is 11.6. The first kappa shape index (κ1) is 12.6. The van der Waals surface area contributed by atoms with Crippen LogP contribution >= 0.6 is 15.9 Å². The molecule has 1 amide bonds. The standard InChI is InChI=1S/C13H15BrFNO/c1-13(2)6-7-16(8-13)12(17)9-4-3-5-10(14)11(9)15/h3-5H,6-8H2,1-2H3. The number of benzene rings is 1. The minimum atomic E-state index is -0.470. The van der Waals surface area contributed by atoms with Gasteiger partial charge < -0.3 is 4.90 Å². The molecule has 0 bridgehead atoms. The summed E-state index contributed by atoms with van der Waals surface area (Å²) in [5.41, 5.74) is 0.287. The van der Waals surface area contributed by atoms with E-state index in [4.69, 9.17) is 0 Å². The van der Waals surface area contributed by atoms with Crippen LogP contribution in [0.5, 0.6) is 0 Å². The summed E-state index contributed by atoms with van der Waals surface area (Å²) in [7, 11) is 0. The lowest BCUT2D eigenvalue weighted by Crippen LogP contribution is -2.30. The number of halogens is 2. The summed E-state index contributed by atoms with van der Waals surface area (Å²) in [6.45, 7) is 5.64. The van der Waals surface area contributed by atoms with Gasteiger partial charge in [0.25, 0.3) is 5.91 Å². The van der Waals surface area contributed by atoms with Crippen LogP contribution < -0.4 is 0 Å². The molecule has 0 saturated carbocycles. The van der Waals surface area contributed by atoms with E-state index in [1.54, 1.807) is 17.0 Å². The van der Waals surface area contributed by atoms with Gasteiger partial charge in [-0.05, 0) is 39.9 Å². The molecule has 1 heterocycles. The third-order valence-corrected chi connectivity index (χ3v) is 3.76. The van der Waals surface area contributed by atoms with Crippen LogP contribution in [0.2, 0.25) is 0 Å². The van der Waals surface area contributed by atoms with E-state index in [2.05, 4.69) is 29.8 Å². The molecule has 92 valence electrons. The minimum absolute atomic E-state index is 0.137. The SMILES string of the molecule is CC1(C)CCN(C(=O)c2cccc(Br)c2F)C1. The van der Waals surface area contributed by atoms with Gasteiger partial charge in [-0.15, -0.1) is 0 Å².